The first-order valence-electron chi connectivity index (χ1n) is 6.83. The topological polar surface area (TPSA) is 29.5 Å². The average molecular weight is 282 g/mol. The standard InChI is InChI=1S/C15H20ClNO2/c1-3-11-9-12(14(19-2)13(16)10-11)15(18)17-7-5-4-6-8-17/h9-10H,3-8H2,1-2H3. The van der Waals surface area contributed by atoms with Crippen LogP contribution in [-0.4, -0.2) is 31.0 Å². The lowest BCUT2D eigenvalue weighted by molar-refractivity contribution is 0.0721. The van der Waals surface area contributed by atoms with Gasteiger partial charge in [0.25, 0.3) is 5.91 Å². The SMILES string of the molecule is CCc1cc(Cl)c(OC)c(C(=O)N2CCCCC2)c1. The van der Waals surface area contributed by atoms with Crippen LogP contribution in [0.4, 0.5) is 0 Å². The number of methoxy groups -OCH3 is 1. The number of piperidine rings is 1. The van der Waals surface area contributed by atoms with E-state index in [1.165, 1.54) is 6.42 Å². The molecular formula is C15H20ClNO2. The van der Waals surface area contributed by atoms with E-state index in [1.807, 2.05) is 24.0 Å². The Labute approximate surface area is 119 Å². The molecule has 1 heterocycles. The minimum absolute atomic E-state index is 0.0359. The molecule has 0 radical (unpaired) electrons. The highest BCUT2D eigenvalue weighted by Gasteiger charge is 2.23. The number of amides is 1. The van der Waals surface area contributed by atoms with E-state index in [0.29, 0.717) is 16.3 Å². The van der Waals surface area contributed by atoms with Crippen molar-refractivity contribution in [3.05, 3.63) is 28.3 Å². The largest absolute Gasteiger partial charge is 0.494 e. The summed E-state index contributed by atoms with van der Waals surface area (Å²) in [7, 11) is 1.56. The van der Waals surface area contributed by atoms with Crippen LogP contribution in [0, 0.1) is 0 Å². The predicted octanol–water partition coefficient (Wildman–Crippen LogP) is 3.54. The number of hydrogen-bond acceptors (Lipinski definition) is 2. The molecule has 0 aliphatic carbocycles. The van der Waals surface area contributed by atoms with Crippen LogP contribution in [0.25, 0.3) is 0 Å². The van der Waals surface area contributed by atoms with Crippen LogP contribution in [0.15, 0.2) is 12.1 Å². The molecule has 1 fully saturated rings. The molecule has 0 unspecified atom stereocenters. The van der Waals surface area contributed by atoms with Gasteiger partial charge >= 0.3 is 0 Å². The van der Waals surface area contributed by atoms with Gasteiger partial charge in [-0.25, -0.2) is 0 Å². The Morgan fingerprint density at radius 1 is 1.32 bits per heavy atom. The van der Waals surface area contributed by atoms with E-state index in [4.69, 9.17) is 16.3 Å². The van der Waals surface area contributed by atoms with Gasteiger partial charge in [0.05, 0.1) is 17.7 Å². The summed E-state index contributed by atoms with van der Waals surface area (Å²) < 4.78 is 5.31. The lowest BCUT2D eigenvalue weighted by Crippen LogP contribution is -2.35. The summed E-state index contributed by atoms with van der Waals surface area (Å²) >= 11 is 6.20. The quantitative estimate of drug-likeness (QED) is 0.848. The summed E-state index contributed by atoms with van der Waals surface area (Å²) in [5.74, 6) is 0.531. The van der Waals surface area contributed by atoms with E-state index < -0.39 is 0 Å². The zero-order valence-electron chi connectivity index (χ0n) is 11.5. The Morgan fingerprint density at radius 2 is 2.00 bits per heavy atom. The third-order valence-electron chi connectivity index (χ3n) is 3.59. The lowest BCUT2D eigenvalue weighted by atomic mass is 10.0. The zero-order chi connectivity index (χ0) is 13.8. The first kappa shape index (κ1) is 14.2. The molecule has 104 valence electrons. The molecule has 1 amide bonds. The fourth-order valence-corrected chi connectivity index (χ4v) is 2.81. The van der Waals surface area contributed by atoms with Crippen molar-refractivity contribution in [3.63, 3.8) is 0 Å². The Kier molecular flexibility index (Phi) is 4.70. The van der Waals surface area contributed by atoms with Gasteiger partial charge in [-0.05, 0) is 43.4 Å². The number of carbonyl (C=O) groups excluding carboxylic acids is 1. The number of ether oxygens (including phenoxy) is 1. The van der Waals surface area contributed by atoms with Crippen LogP contribution >= 0.6 is 11.6 Å². The maximum atomic E-state index is 12.6. The Bertz CT molecular complexity index is 467. The Hall–Kier alpha value is -1.22. The predicted molar refractivity (Wildman–Crippen MR) is 77.1 cm³/mol. The molecule has 1 aromatic rings. The minimum atomic E-state index is 0.0359. The maximum absolute atomic E-state index is 12.6. The van der Waals surface area contributed by atoms with Crippen molar-refractivity contribution in [2.75, 3.05) is 20.2 Å². The van der Waals surface area contributed by atoms with Crippen molar-refractivity contribution in [2.45, 2.75) is 32.6 Å². The Balaban J connectivity index is 2.35. The van der Waals surface area contributed by atoms with Crippen molar-refractivity contribution in [2.24, 2.45) is 0 Å². The first-order valence-corrected chi connectivity index (χ1v) is 7.20. The second kappa shape index (κ2) is 6.29. The van der Waals surface area contributed by atoms with Crippen molar-refractivity contribution < 1.29 is 9.53 Å². The van der Waals surface area contributed by atoms with Crippen LogP contribution in [0.3, 0.4) is 0 Å². The Morgan fingerprint density at radius 3 is 2.58 bits per heavy atom. The zero-order valence-corrected chi connectivity index (χ0v) is 12.3. The van der Waals surface area contributed by atoms with Gasteiger partial charge in [0.2, 0.25) is 0 Å². The van der Waals surface area contributed by atoms with E-state index >= 15 is 0 Å². The molecule has 0 bridgehead atoms. The highest BCUT2D eigenvalue weighted by molar-refractivity contribution is 6.32. The molecule has 1 saturated heterocycles. The van der Waals surface area contributed by atoms with Gasteiger partial charge in [0.1, 0.15) is 5.75 Å². The molecule has 19 heavy (non-hydrogen) atoms. The van der Waals surface area contributed by atoms with Gasteiger partial charge in [-0.3, -0.25) is 4.79 Å². The molecule has 4 heteroatoms. The molecule has 1 aromatic carbocycles. The number of benzene rings is 1. The van der Waals surface area contributed by atoms with Crippen molar-refractivity contribution in [3.8, 4) is 5.75 Å². The molecule has 2 rings (SSSR count). The highest BCUT2D eigenvalue weighted by atomic mass is 35.5. The van der Waals surface area contributed by atoms with Gasteiger partial charge in [-0.1, -0.05) is 18.5 Å². The molecule has 0 atom stereocenters. The number of carbonyl (C=O) groups is 1. The number of nitrogens with zero attached hydrogens (tertiary/aromatic N) is 1. The van der Waals surface area contributed by atoms with Crippen LogP contribution < -0.4 is 4.74 Å². The number of likely N-dealkylation sites (tertiary alicyclic amines) is 1. The summed E-state index contributed by atoms with van der Waals surface area (Å²) in [6.45, 7) is 3.71. The highest BCUT2D eigenvalue weighted by Crippen LogP contribution is 2.32. The molecule has 0 N–H and O–H groups in total. The van der Waals surface area contributed by atoms with Crippen LogP contribution in [0.5, 0.6) is 5.75 Å². The molecule has 1 aliphatic rings. The van der Waals surface area contributed by atoms with E-state index in [0.717, 1.165) is 37.9 Å². The van der Waals surface area contributed by atoms with Gasteiger partial charge in [0, 0.05) is 13.1 Å². The minimum Gasteiger partial charge on any atom is -0.494 e. The second-order valence-electron chi connectivity index (χ2n) is 4.86. The summed E-state index contributed by atoms with van der Waals surface area (Å²) in [4.78, 5) is 14.5. The van der Waals surface area contributed by atoms with Crippen LogP contribution in [-0.2, 0) is 6.42 Å². The van der Waals surface area contributed by atoms with Gasteiger partial charge in [-0.2, -0.15) is 0 Å². The van der Waals surface area contributed by atoms with E-state index in [9.17, 15) is 4.79 Å². The number of rotatable bonds is 3. The molecule has 0 aromatic heterocycles. The van der Waals surface area contributed by atoms with E-state index in [2.05, 4.69) is 0 Å². The molecular weight excluding hydrogens is 262 g/mol. The van der Waals surface area contributed by atoms with Gasteiger partial charge < -0.3 is 9.64 Å². The number of hydrogen-bond donors (Lipinski definition) is 0. The van der Waals surface area contributed by atoms with E-state index in [-0.39, 0.29) is 5.91 Å². The summed E-state index contributed by atoms with van der Waals surface area (Å²) in [5, 5.41) is 0.516. The molecule has 3 nitrogen and oxygen atoms in total. The first-order chi connectivity index (χ1) is 9.17. The van der Waals surface area contributed by atoms with Gasteiger partial charge in [-0.15, -0.1) is 0 Å². The van der Waals surface area contributed by atoms with Crippen molar-refractivity contribution in [1.82, 2.24) is 4.90 Å². The van der Waals surface area contributed by atoms with Gasteiger partial charge in [0.15, 0.2) is 0 Å². The lowest BCUT2D eigenvalue weighted by Gasteiger charge is -2.27. The van der Waals surface area contributed by atoms with Crippen molar-refractivity contribution >= 4 is 17.5 Å². The van der Waals surface area contributed by atoms with Crippen LogP contribution in [0.2, 0.25) is 5.02 Å². The molecule has 0 saturated carbocycles. The van der Waals surface area contributed by atoms with Crippen LogP contribution in [0.1, 0.15) is 42.1 Å². The number of halogens is 1. The summed E-state index contributed by atoms with van der Waals surface area (Å²) in [5.41, 5.74) is 1.65. The molecule has 1 aliphatic heterocycles. The fourth-order valence-electron chi connectivity index (χ4n) is 2.49. The monoisotopic (exact) mass is 281 g/mol. The number of aryl methyl sites for hydroxylation is 1. The normalized spacial score (nSPS) is 15.4. The fraction of sp³-hybridized carbons (Fsp3) is 0.533. The maximum Gasteiger partial charge on any atom is 0.257 e. The molecule has 0 spiro atoms. The van der Waals surface area contributed by atoms with E-state index in [1.54, 1.807) is 7.11 Å². The summed E-state index contributed by atoms with van der Waals surface area (Å²) in [6.07, 6.45) is 4.21. The average Bonchev–Trinajstić information content (AvgIpc) is 2.46. The van der Waals surface area contributed by atoms with Crippen molar-refractivity contribution in [1.29, 1.82) is 0 Å². The smallest absolute Gasteiger partial charge is 0.257 e. The third kappa shape index (κ3) is 3.03. The third-order valence-corrected chi connectivity index (χ3v) is 3.87. The summed E-state index contributed by atoms with van der Waals surface area (Å²) in [6, 6.07) is 3.77. The second-order valence-corrected chi connectivity index (χ2v) is 5.27.